The molecule has 0 heterocycles. The molecule has 2 N–H and O–H groups in total. The predicted molar refractivity (Wildman–Crippen MR) is 71.3 cm³/mol. The molecule has 0 aromatic heterocycles. The van der Waals surface area contributed by atoms with Gasteiger partial charge in [-0.15, -0.1) is 0 Å². The van der Waals surface area contributed by atoms with Crippen molar-refractivity contribution in [3.63, 3.8) is 0 Å². The molecule has 0 atom stereocenters. The van der Waals surface area contributed by atoms with Crippen LogP contribution in [0.4, 0.5) is 0 Å². The summed E-state index contributed by atoms with van der Waals surface area (Å²) >= 11 is 0. The second kappa shape index (κ2) is 5.36. The first-order valence-electron chi connectivity index (χ1n) is 5.71. The third kappa shape index (κ3) is 2.88. The Morgan fingerprint density at radius 2 is 1.50 bits per heavy atom. The zero-order valence-electron chi connectivity index (χ0n) is 10.2. The molecule has 0 unspecified atom stereocenters. The summed E-state index contributed by atoms with van der Waals surface area (Å²) in [6.07, 6.45) is 0.281. The summed E-state index contributed by atoms with van der Waals surface area (Å²) in [6, 6.07) is 15.7. The lowest BCUT2D eigenvalue weighted by Crippen LogP contribution is -2.13. The maximum absolute atomic E-state index is 10.8. The van der Waals surface area contributed by atoms with Crippen LogP contribution in [0.25, 0.3) is 11.1 Å². The molecule has 2 rings (SSSR count). The molecule has 2 aromatic carbocycles. The molecule has 0 saturated carbocycles. The number of hydrogen-bond acceptors (Lipinski definition) is 2. The van der Waals surface area contributed by atoms with Crippen molar-refractivity contribution >= 4 is 5.91 Å². The number of nitrogens with two attached hydrogens (primary N) is 1. The third-order valence-corrected chi connectivity index (χ3v) is 2.76. The Labute approximate surface area is 106 Å². The number of carbonyl (C=O) groups is 1. The second-order valence-electron chi connectivity index (χ2n) is 4.07. The monoisotopic (exact) mass is 241 g/mol. The van der Waals surface area contributed by atoms with E-state index in [0.717, 1.165) is 22.4 Å². The van der Waals surface area contributed by atoms with Crippen LogP contribution in [0.15, 0.2) is 48.5 Å². The number of benzene rings is 2. The first-order valence-corrected chi connectivity index (χ1v) is 5.71. The molecule has 3 nitrogen and oxygen atoms in total. The SMILES string of the molecule is COc1ccc(-c2ccc(CC(N)=O)cc2)cc1. The first-order chi connectivity index (χ1) is 8.69. The fourth-order valence-electron chi connectivity index (χ4n) is 1.80. The fraction of sp³-hybridized carbons (Fsp3) is 0.133. The van der Waals surface area contributed by atoms with Crippen LogP contribution in [0.3, 0.4) is 0 Å². The van der Waals surface area contributed by atoms with E-state index in [1.54, 1.807) is 7.11 Å². The summed E-state index contributed by atoms with van der Waals surface area (Å²) in [4.78, 5) is 10.8. The van der Waals surface area contributed by atoms with Crippen molar-refractivity contribution in [3.8, 4) is 16.9 Å². The second-order valence-corrected chi connectivity index (χ2v) is 4.07. The highest BCUT2D eigenvalue weighted by Crippen LogP contribution is 2.22. The summed E-state index contributed by atoms with van der Waals surface area (Å²) in [6.45, 7) is 0. The number of hydrogen-bond donors (Lipinski definition) is 1. The normalized spacial score (nSPS) is 10.1. The molecule has 0 bridgehead atoms. The summed E-state index contributed by atoms with van der Waals surface area (Å²) in [5, 5.41) is 0. The van der Waals surface area contributed by atoms with Gasteiger partial charge in [0.2, 0.25) is 5.91 Å². The van der Waals surface area contributed by atoms with Crippen LogP contribution in [0.5, 0.6) is 5.75 Å². The Kier molecular flexibility index (Phi) is 3.63. The summed E-state index contributed by atoms with van der Waals surface area (Å²) < 4.78 is 5.12. The number of ether oxygens (including phenoxy) is 1. The van der Waals surface area contributed by atoms with E-state index in [9.17, 15) is 4.79 Å². The molecular weight excluding hydrogens is 226 g/mol. The number of primary amides is 1. The lowest BCUT2D eigenvalue weighted by Gasteiger charge is -2.05. The molecule has 1 amide bonds. The van der Waals surface area contributed by atoms with Crippen LogP contribution in [-0.4, -0.2) is 13.0 Å². The quantitative estimate of drug-likeness (QED) is 0.893. The van der Waals surface area contributed by atoms with Crippen LogP contribution in [0, 0.1) is 0 Å². The van der Waals surface area contributed by atoms with Gasteiger partial charge in [0.15, 0.2) is 0 Å². The van der Waals surface area contributed by atoms with Gasteiger partial charge in [-0.2, -0.15) is 0 Å². The fourth-order valence-corrected chi connectivity index (χ4v) is 1.80. The molecule has 0 saturated heterocycles. The number of carbonyl (C=O) groups excluding carboxylic acids is 1. The summed E-state index contributed by atoms with van der Waals surface area (Å²) in [7, 11) is 1.65. The Morgan fingerprint density at radius 1 is 1.00 bits per heavy atom. The number of amides is 1. The van der Waals surface area contributed by atoms with E-state index < -0.39 is 0 Å². The minimum Gasteiger partial charge on any atom is -0.497 e. The standard InChI is InChI=1S/C15H15NO2/c1-18-14-8-6-13(7-9-14)12-4-2-11(3-5-12)10-15(16)17/h2-9H,10H2,1H3,(H2,16,17). The summed E-state index contributed by atoms with van der Waals surface area (Å²) in [5.74, 6) is 0.524. The molecule has 0 spiro atoms. The average molecular weight is 241 g/mol. The molecular formula is C15H15NO2. The van der Waals surface area contributed by atoms with Crippen molar-refractivity contribution in [2.24, 2.45) is 5.73 Å². The minimum absolute atomic E-state index is 0.281. The van der Waals surface area contributed by atoms with E-state index in [0.29, 0.717) is 0 Å². The highest BCUT2D eigenvalue weighted by molar-refractivity contribution is 5.77. The van der Waals surface area contributed by atoms with E-state index in [1.165, 1.54) is 0 Å². The van der Waals surface area contributed by atoms with Gasteiger partial charge < -0.3 is 10.5 Å². The Bertz CT molecular complexity index is 529. The zero-order valence-corrected chi connectivity index (χ0v) is 10.2. The van der Waals surface area contributed by atoms with Gasteiger partial charge in [-0.3, -0.25) is 4.79 Å². The van der Waals surface area contributed by atoms with Crippen molar-refractivity contribution in [2.75, 3.05) is 7.11 Å². The Morgan fingerprint density at radius 3 is 1.94 bits per heavy atom. The maximum atomic E-state index is 10.8. The number of methoxy groups -OCH3 is 1. The maximum Gasteiger partial charge on any atom is 0.221 e. The van der Waals surface area contributed by atoms with E-state index >= 15 is 0 Å². The van der Waals surface area contributed by atoms with Crippen molar-refractivity contribution in [3.05, 3.63) is 54.1 Å². The van der Waals surface area contributed by atoms with Gasteiger partial charge in [-0.1, -0.05) is 36.4 Å². The molecule has 0 aliphatic carbocycles. The van der Waals surface area contributed by atoms with Crippen LogP contribution in [0.2, 0.25) is 0 Å². The topological polar surface area (TPSA) is 52.3 Å². The first kappa shape index (κ1) is 12.2. The van der Waals surface area contributed by atoms with Crippen LogP contribution in [-0.2, 0) is 11.2 Å². The van der Waals surface area contributed by atoms with E-state index in [1.807, 2.05) is 48.5 Å². The van der Waals surface area contributed by atoms with Crippen LogP contribution in [0.1, 0.15) is 5.56 Å². The van der Waals surface area contributed by atoms with E-state index in [-0.39, 0.29) is 12.3 Å². The molecule has 0 fully saturated rings. The zero-order chi connectivity index (χ0) is 13.0. The lowest BCUT2D eigenvalue weighted by atomic mass is 10.0. The van der Waals surface area contributed by atoms with Gasteiger partial charge in [0.05, 0.1) is 13.5 Å². The lowest BCUT2D eigenvalue weighted by molar-refractivity contribution is -0.117. The van der Waals surface area contributed by atoms with E-state index in [4.69, 9.17) is 10.5 Å². The molecule has 2 aromatic rings. The largest absolute Gasteiger partial charge is 0.497 e. The van der Waals surface area contributed by atoms with Crippen LogP contribution >= 0.6 is 0 Å². The van der Waals surface area contributed by atoms with Gasteiger partial charge in [0.25, 0.3) is 0 Å². The van der Waals surface area contributed by atoms with E-state index in [2.05, 4.69) is 0 Å². The number of rotatable bonds is 4. The smallest absolute Gasteiger partial charge is 0.221 e. The molecule has 18 heavy (non-hydrogen) atoms. The average Bonchev–Trinajstić information content (AvgIpc) is 2.39. The highest BCUT2D eigenvalue weighted by atomic mass is 16.5. The Balaban J connectivity index is 2.20. The van der Waals surface area contributed by atoms with Crippen molar-refractivity contribution in [2.45, 2.75) is 6.42 Å². The van der Waals surface area contributed by atoms with Crippen molar-refractivity contribution in [1.82, 2.24) is 0 Å². The third-order valence-electron chi connectivity index (χ3n) is 2.76. The highest BCUT2D eigenvalue weighted by Gasteiger charge is 2.01. The van der Waals surface area contributed by atoms with Gasteiger partial charge in [-0.05, 0) is 28.8 Å². The molecule has 0 radical (unpaired) electrons. The van der Waals surface area contributed by atoms with Gasteiger partial charge >= 0.3 is 0 Å². The van der Waals surface area contributed by atoms with Crippen LogP contribution < -0.4 is 10.5 Å². The molecule has 92 valence electrons. The summed E-state index contributed by atoms with van der Waals surface area (Å²) in [5.41, 5.74) is 8.30. The van der Waals surface area contributed by atoms with Crippen molar-refractivity contribution < 1.29 is 9.53 Å². The molecule has 0 aliphatic heterocycles. The molecule has 3 heteroatoms. The predicted octanol–water partition coefficient (Wildman–Crippen LogP) is 2.39. The van der Waals surface area contributed by atoms with Gasteiger partial charge in [0.1, 0.15) is 5.75 Å². The Hall–Kier alpha value is -2.29. The van der Waals surface area contributed by atoms with Gasteiger partial charge in [-0.25, -0.2) is 0 Å². The minimum atomic E-state index is -0.313. The van der Waals surface area contributed by atoms with Gasteiger partial charge in [0, 0.05) is 0 Å². The molecule has 0 aliphatic rings. The van der Waals surface area contributed by atoms with Crippen molar-refractivity contribution in [1.29, 1.82) is 0 Å².